The Labute approximate surface area is 156 Å². The van der Waals surface area contributed by atoms with Crippen LogP contribution in [-0.4, -0.2) is 18.9 Å². The van der Waals surface area contributed by atoms with Crippen molar-refractivity contribution in [2.75, 3.05) is 13.2 Å². The molecule has 0 aromatic heterocycles. The number of hydrogen-bond donors (Lipinski definition) is 2. The number of nitrogens with one attached hydrogen (secondary N) is 1. The lowest BCUT2D eigenvalue weighted by atomic mass is 9.46. The van der Waals surface area contributed by atoms with E-state index >= 15 is 4.39 Å². The zero-order valence-electron chi connectivity index (χ0n) is 16.2. The molecule has 4 aliphatic rings. The minimum Gasteiger partial charge on any atom is -0.328 e. The van der Waals surface area contributed by atoms with Crippen LogP contribution in [0, 0.1) is 34.5 Å². The van der Waals surface area contributed by atoms with Gasteiger partial charge in [-0.3, -0.25) is 15.1 Å². The third-order valence-corrected chi connectivity index (χ3v) is 8.50. The minimum atomic E-state index is -0.101. The molecular weight excluding hydrogens is 331 g/mol. The van der Waals surface area contributed by atoms with Crippen LogP contribution in [0.3, 0.4) is 0 Å². The zero-order valence-corrected chi connectivity index (χ0v) is 16.2. The van der Waals surface area contributed by atoms with Gasteiger partial charge in [0.25, 0.3) is 0 Å². The molecule has 0 spiro atoms. The fraction of sp³-hybridized carbons (Fsp3) is 0.857. The third kappa shape index (κ3) is 2.57. The van der Waals surface area contributed by atoms with Crippen LogP contribution >= 0.6 is 0 Å². The second-order valence-corrected chi connectivity index (χ2v) is 9.50. The quantitative estimate of drug-likeness (QED) is 0.587. The van der Waals surface area contributed by atoms with Crippen molar-refractivity contribution in [2.24, 2.45) is 40.2 Å². The molecule has 0 bridgehead atoms. The average Bonchev–Trinajstić information content (AvgIpc) is 2.92. The maximum Gasteiger partial charge on any atom is 0.139 e. The van der Waals surface area contributed by atoms with Crippen molar-refractivity contribution in [3.8, 4) is 0 Å². The normalized spacial score (nSPS) is 45.2. The predicted octanol–water partition coefficient (Wildman–Crippen LogP) is 3.87. The van der Waals surface area contributed by atoms with E-state index in [0.29, 0.717) is 48.8 Å². The maximum absolute atomic E-state index is 15.3. The van der Waals surface area contributed by atoms with Crippen LogP contribution in [0.25, 0.3) is 0 Å². The van der Waals surface area contributed by atoms with Gasteiger partial charge in [-0.25, -0.2) is 4.39 Å². The van der Waals surface area contributed by atoms with Gasteiger partial charge in [0.2, 0.25) is 0 Å². The molecule has 0 aromatic rings. The van der Waals surface area contributed by atoms with Crippen molar-refractivity contribution >= 4 is 5.78 Å². The molecule has 3 N–H and O–H groups in total. The molecule has 4 aliphatic carbocycles. The van der Waals surface area contributed by atoms with E-state index in [1.54, 1.807) is 0 Å². The number of nitrogens with two attached hydrogens (primary N) is 1. The molecule has 4 rings (SSSR count). The molecule has 0 aromatic carbocycles. The summed E-state index contributed by atoms with van der Waals surface area (Å²) in [7, 11) is 0. The van der Waals surface area contributed by atoms with Crippen molar-refractivity contribution in [1.82, 2.24) is 5.48 Å². The van der Waals surface area contributed by atoms with Gasteiger partial charge in [-0.15, -0.1) is 0 Å². The van der Waals surface area contributed by atoms with Crippen LogP contribution in [0.4, 0.5) is 4.39 Å². The Morgan fingerprint density at radius 1 is 1.15 bits per heavy atom. The van der Waals surface area contributed by atoms with Gasteiger partial charge in [0.1, 0.15) is 11.6 Å². The van der Waals surface area contributed by atoms with Crippen molar-refractivity contribution in [3.05, 3.63) is 11.5 Å². The number of Topliss-reactive ketones (excluding diaryl/α,β-unsaturated/α-hetero) is 1. The monoisotopic (exact) mass is 364 g/mol. The lowest BCUT2D eigenvalue weighted by molar-refractivity contribution is -0.136. The van der Waals surface area contributed by atoms with Gasteiger partial charge < -0.3 is 5.73 Å². The van der Waals surface area contributed by atoms with E-state index in [4.69, 9.17) is 10.6 Å². The second-order valence-electron chi connectivity index (χ2n) is 9.50. The summed E-state index contributed by atoms with van der Waals surface area (Å²) in [4.78, 5) is 17.8. The standard InChI is InChI=1S/C21H33FN2O2/c1-20-10-8-17(24-26-12-11-23)19(22)16(20)4-3-13-14-5-6-18(25)21(14,2)9-7-15(13)20/h13-16,24H,3-12,23H2,1-2H3/t13-,14-,15-,16?,20+,21-/m0/s1. The summed E-state index contributed by atoms with van der Waals surface area (Å²) in [6.45, 7) is 5.32. The number of rotatable bonds is 4. The summed E-state index contributed by atoms with van der Waals surface area (Å²) in [6.07, 6.45) is 7.54. The Bertz CT molecular complexity index is 621. The Morgan fingerprint density at radius 2 is 1.96 bits per heavy atom. The number of halogens is 1. The lowest BCUT2D eigenvalue weighted by Gasteiger charge is -2.59. The van der Waals surface area contributed by atoms with Crippen molar-refractivity contribution < 1.29 is 14.0 Å². The molecule has 26 heavy (non-hydrogen) atoms. The van der Waals surface area contributed by atoms with Crippen LogP contribution < -0.4 is 11.2 Å². The molecule has 3 saturated carbocycles. The molecule has 1 unspecified atom stereocenters. The Balaban J connectivity index is 1.56. The predicted molar refractivity (Wildman–Crippen MR) is 98.4 cm³/mol. The Hall–Kier alpha value is -0.940. The summed E-state index contributed by atoms with van der Waals surface area (Å²) >= 11 is 0. The van der Waals surface area contributed by atoms with Crippen molar-refractivity contribution in [1.29, 1.82) is 0 Å². The van der Waals surface area contributed by atoms with E-state index in [0.717, 1.165) is 44.9 Å². The zero-order chi connectivity index (χ0) is 18.5. The third-order valence-electron chi connectivity index (χ3n) is 8.50. The number of allylic oxidation sites excluding steroid dienone is 2. The van der Waals surface area contributed by atoms with Gasteiger partial charge in [0.05, 0.1) is 12.3 Å². The molecule has 0 saturated heterocycles. The second kappa shape index (κ2) is 6.59. The van der Waals surface area contributed by atoms with Crippen molar-refractivity contribution in [3.63, 3.8) is 0 Å². The molecule has 0 radical (unpaired) electrons. The lowest BCUT2D eigenvalue weighted by Crippen LogP contribution is -2.53. The Morgan fingerprint density at radius 3 is 2.73 bits per heavy atom. The largest absolute Gasteiger partial charge is 0.328 e. The van der Waals surface area contributed by atoms with Gasteiger partial charge >= 0.3 is 0 Å². The van der Waals surface area contributed by atoms with E-state index < -0.39 is 0 Å². The SMILES string of the molecule is C[C@]12CCC(NOCCN)=C(F)C1CC[C@@H]1[C@@H]2CC[C@]2(C)C(=O)CC[C@@H]12. The number of ketones is 1. The van der Waals surface area contributed by atoms with Crippen LogP contribution in [0.15, 0.2) is 11.5 Å². The number of hydrogen-bond acceptors (Lipinski definition) is 4. The van der Waals surface area contributed by atoms with E-state index in [-0.39, 0.29) is 22.6 Å². The van der Waals surface area contributed by atoms with Gasteiger partial charge in [-0.05, 0) is 68.1 Å². The molecule has 3 fully saturated rings. The fourth-order valence-corrected chi connectivity index (χ4v) is 7.02. The molecular formula is C21H33FN2O2. The molecule has 4 nitrogen and oxygen atoms in total. The first-order valence-corrected chi connectivity index (χ1v) is 10.4. The summed E-state index contributed by atoms with van der Waals surface area (Å²) < 4.78 is 15.3. The van der Waals surface area contributed by atoms with Crippen LogP contribution in [0.2, 0.25) is 0 Å². The number of fused-ring (bicyclic) bond motifs is 5. The summed E-state index contributed by atoms with van der Waals surface area (Å²) in [5, 5.41) is 0. The highest BCUT2D eigenvalue weighted by Gasteiger charge is 2.60. The van der Waals surface area contributed by atoms with Crippen LogP contribution in [0.5, 0.6) is 0 Å². The highest BCUT2D eigenvalue weighted by atomic mass is 19.1. The van der Waals surface area contributed by atoms with E-state index in [1.165, 1.54) is 0 Å². The van der Waals surface area contributed by atoms with E-state index in [2.05, 4.69) is 19.3 Å². The molecule has 146 valence electrons. The number of hydroxylamine groups is 1. The first-order chi connectivity index (χ1) is 12.4. The van der Waals surface area contributed by atoms with Gasteiger partial charge in [-0.1, -0.05) is 13.8 Å². The summed E-state index contributed by atoms with van der Waals surface area (Å²) in [6, 6.07) is 0. The number of carbonyl (C=O) groups is 1. The van der Waals surface area contributed by atoms with E-state index in [1.807, 2.05) is 0 Å². The van der Waals surface area contributed by atoms with Gasteiger partial charge in [-0.2, -0.15) is 0 Å². The molecule has 6 atom stereocenters. The van der Waals surface area contributed by atoms with E-state index in [9.17, 15) is 4.79 Å². The van der Waals surface area contributed by atoms with Gasteiger partial charge in [0.15, 0.2) is 0 Å². The highest BCUT2D eigenvalue weighted by molar-refractivity contribution is 5.87. The highest BCUT2D eigenvalue weighted by Crippen LogP contribution is 2.66. The maximum atomic E-state index is 15.3. The average molecular weight is 365 g/mol. The van der Waals surface area contributed by atoms with Crippen molar-refractivity contribution in [2.45, 2.75) is 65.2 Å². The minimum absolute atomic E-state index is 0.00468. The topological polar surface area (TPSA) is 64.3 Å². The Kier molecular flexibility index (Phi) is 4.67. The smallest absolute Gasteiger partial charge is 0.139 e. The summed E-state index contributed by atoms with van der Waals surface area (Å²) in [5.74, 6) is 2.13. The summed E-state index contributed by atoms with van der Waals surface area (Å²) in [5.41, 5.74) is 8.80. The molecule has 0 aliphatic heterocycles. The first-order valence-electron chi connectivity index (χ1n) is 10.4. The molecule has 0 amide bonds. The fourth-order valence-electron chi connectivity index (χ4n) is 7.02. The molecule has 0 heterocycles. The van der Waals surface area contributed by atoms with Crippen LogP contribution in [0.1, 0.15) is 65.2 Å². The molecule has 5 heteroatoms. The first kappa shape index (κ1) is 18.4. The van der Waals surface area contributed by atoms with Crippen LogP contribution in [-0.2, 0) is 9.63 Å². The van der Waals surface area contributed by atoms with Gasteiger partial charge in [0, 0.05) is 24.3 Å². The number of carbonyl (C=O) groups excluding carboxylic acids is 1.